The van der Waals surface area contributed by atoms with Crippen molar-refractivity contribution in [2.75, 3.05) is 0 Å². The lowest BCUT2D eigenvalue weighted by Gasteiger charge is -2.57. The lowest BCUT2D eigenvalue weighted by molar-refractivity contribution is -0.00512. The molecular formula is C26H33BO2. The smallest absolute Gasteiger partial charge is 0.399 e. The Hall–Kier alpha value is -1.32. The van der Waals surface area contributed by atoms with Crippen molar-refractivity contribution >= 4 is 23.4 Å². The molecule has 5 fully saturated rings. The third kappa shape index (κ3) is 2.77. The largest absolute Gasteiger partial charge is 0.494 e. The van der Waals surface area contributed by atoms with Gasteiger partial charge in [0, 0.05) is 0 Å². The van der Waals surface area contributed by atoms with Gasteiger partial charge in [0.2, 0.25) is 0 Å². The average molecular weight is 388 g/mol. The van der Waals surface area contributed by atoms with Gasteiger partial charge in [-0.25, -0.2) is 0 Å². The maximum absolute atomic E-state index is 6.27. The molecule has 0 aromatic heterocycles. The van der Waals surface area contributed by atoms with Crippen LogP contribution in [0, 0.1) is 17.8 Å². The minimum atomic E-state index is -0.297. The fourth-order valence-corrected chi connectivity index (χ4v) is 7.18. The highest BCUT2D eigenvalue weighted by Gasteiger charge is 2.52. The maximum Gasteiger partial charge on any atom is 0.494 e. The van der Waals surface area contributed by atoms with E-state index in [1.54, 1.807) is 5.56 Å². The van der Waals surface area contributed by atoms with Crippen LogP contribution in [0.5, 0.6) is 0 Å². The molecule has 29 heavy (non-hydrogen) atoms. The Kier molecular flexibility index (Phi) is 3.75. The Balaban J connectivity index is 1.33. The number of rotatable bonds is 2. The van der Waals surface area contributed by atoms with Crippen LogP contribution in [0.25, 0.3) is 10.8 Å². The lowest BCUT2D eigenvalue weighted by atomic mass is 9.48. The minimum absolute atomic E-state index is 0.285. The molecule has 3 heteroatoms. The first kappa shape index (κ1) is 18.5. The van der Waals surface area contributed by atoms with Gasteiger partial charge in [0.05, 0.1) is 11.2 Å². The van der Waals surface area contributed by atoms with Crippen LogP contribution in [0.4, 0.5) is 0 Å². The van der Waals surface area contributed by atoms with E-state index in [0.29, 0.717) is 5.41 Å². The normalized spacial score (nSPS) is 36.8. The zero-order valence-electron chi connectivity index (χ0n) is 18.3. The van der Waals surface area contributed by atoms with Crippen molar-refractivity contribution in [2.45, 2.75) is 82.8 Å². The predicted molar refractivity (Wildman–Crippen MR) is 120 cm³/mol. The molecule has 4 aliphatic carbocycles. The van der Waals surface area contributed by atoms with Gasteiger partial charge in [0.15, 0.2) is 0 Å². The van der Waals surface area contributed by atoms with Crippen LogP contribution in [-0.4, -0.2) is 18.3 Å². The second kappa shape index (κ2) is 5.89. The molecule has 4 bridgehead atoms. The van der Waals surface area contributed by atoms with Crippen molar-refractivity contribution in [3.63, 3.8) is 0 Å². The first-order valence-electron chi connectivity index (χ1n) is 11.6. The van der Waals surface area contributed by atoms with E-state index >= 15 is 0 Å². The summed E-state index contributed by atoms with van der Waals surface area (Å²) in [5.74, 6) is 2.97. The second-order valence-electron chi connectivity index (χ2n) is 11.6. The van der Waals surface area contributed by atoms with Gasteiger partial charge in [-0.05, 0) is 111 Å². The Labute approximate surface area is 175 Å². The Morgan fingerprint density at radius 3 is 1.83 bits per heavy atom. The van der Waals surface area contributed by atoms with E-state index in [2.05, 4.69) is 64.1 Å². The Morgan fingerprint density at radius 1 is 0.724 bits per heavy atom. The van der Waals surface area contributed by atoms with Crippen LogP contribution in [0.2, 0.25) is 0 Å². The molecule has 0 atom stereocenters. The monoisotopic (exact) mass is 388 g/mol. The predicted octanol–water partition coefficient (Wildman–Crippen LogP) is 5.61. The summed E-state index contributed by atoms with van der Waals surface area (Å²) in [6.07, 6.45) is 8.79. The second-order valence-corrected chi connectivity index (χ2v) is 11.6. The number of hydrogen-bond donors (Lipinski definition) is 0. The van der Waals surface area contributed by atoms with Crippen LogP contribution in [0.15, 0.2) is 36.4 Å². The van der Waals surface area contributed by atoms with Crippen molar-refractivity contribution in [1.29, 1.82) is 0 Å². The number of fused-ring (bicyclic) bond motifs is 1. The standard InChI is InChI=1S/C26H33BO2/c1-24(2)25(3,4)29-27(28-24)23-8-6-20-12-22(7-5-21(20)13-23)26-14-17-9-18(15-26)11-19(10-17)16-26/h5-8,12-13,17-19H,9-11,14-16H2,1-4H3. The first-order chi connectivity index (χ1) is 13.7. The number of benzene rings is 2. The summed E-state index contributed by atoms with van der Waals surface area (Å²) >= 11 is 0. The van der Waals surface area contributed by atoms with E-state index in [9.17, 15) is 0 Å². The molecule has 2 nitrogen and oxygen atoms in total. The van der Waals surface area contributed by atoms with Crippen molar-refractivity contribution in [3.05, 3.63) is 42.0 Å². The lowest BCUT2D eigenvalue weighted by Crippen LogP contribution is -2.48. The highest BCUT2D eigenvalue weighted by molar-refractivity contribution is 6.62. The molecule has 1 aliphatic heterocycles. The van der Waals surface area contributed by atoms with Crippen LogP contribution in [0.3, 0.4) is 0 Å². The fourth-order valence-electron chi connectivity index (χ4n) is 7.18. The van der Waals surface area contributed by atoms with Gasteiger partial charge in [-0.1, -0.05) is 36.4 Å². The molecule has 152 valence electrons. The van der Waals surface area contributed by atoms with Crippen LogP contribution >= 0.6 is 0 Å². The van der Waals surface area contributed by atoms with Gasteiger partial charge < -0.3 is 9.31 Å². The van der Waals surface area contributed by atoms with Gasteiger partial charge >= 0.3 is 7.12 Å². The Morgan fingerprint density at radius 2 is 1.24 bits per heavy atom. The zero-order valence-corrected chi connectivity index (χ0v) is 18.3. The molecule has 2 aromatic carbocycles. The van der Waals surface area contributed by atoms with Crippen molar-refractivity contribution in [3.8, 4) is 0 Å². The summed E-state index contributed by atoms with van der Waals surface area (Å²) in [5, 5.41) is 2.66. The van der Waals surface area contributed by atoms with Crippen molar-refractivity contribution in [2.24, 2.45) is 17.8 Å². The number of hydrogen-bond acceptors (Lipinski definition) is 2. The highest BCUT2D eigenvalue weighted by atomic mass is 16.7. The van der Waals surface area contributed by atoms with Crippen molar-refractivity contribution < 1.29 is 9.31 Å². The summed E-state index contributed by atoms with van der Waals surface area (Å²) in [6.45, 7) is 8.47. The van der Waals surface area contributed by atoms with Crippen molar-refractivity contribution in [1.82, 2.24) is 0 Å². The molecule has 0 radical (unpaired) electrons. The molecule has 1 heterocycles. The molecule has 0 unspecified atom stereocenters. The third-order valence-corrected chi connectivity index (χ3v) is 9.04. The molecule has 1 saturated heterocycles. The van der Waals surface area contributed by atoms with Gasteiger partial charge in [-0.2, -0.15) is 0 Å². The fraction of sp³-hybridized carbons (Fsp3) is 0.615. The first-order valence-corrected chi connectivity index (χ1v) is 11.6. The average Bonchev–Trinajstić information content (AvgIpc) is 2.87. The molecular weight excluding hydrogens is 355 g/mol. The summed E-state index contributed by atoms with van der Waals surface area (Å²) in [7, 11) is -0.285. The summed E-state index contributed by atoms with van der Waals surface area (Å²) in [5.41, 5.74) is 2.60. The summed E-state index contributed by atoms with van der Waals surface area (Å²) in [6, 6.07) is 14.0. The summed E-state index contributed by atoms with van der Waals surface area (Å²) < 4.78 is 12.5. The quantitative estimate of drug-likeness (QED) is 0.623. The zero-order chi connectivity index (χ0) is 20.0. The maximum atomic E-state index is 6.27. The molecule has 0 spiro atoms. The van der Waals surface area contributed by atoms with Crippen LogP contribution in [-0.2, 0) is 14.7 Å². The Bertz CT molecular complexity index is 925. The molecule has 2 aromatic rings. The minimum Gasteiger partial charge on any atom is -0.399 e. The third-order valence-electron chi connectivity index (χ3n) is 9.04. The molecule has 7 rings (SSSR count). The van der Waals surface area contributed by atoms with Gasteiger partial charge in [-0.3, -0.25) is 0 Å². The van der Waals surface area contributed by atoms with E-state index in [4.69, 9.17) is 9.31 Å². The van der Waals surface area contributed by atoms with E-state index in [0.717, 1.165) is 23.2 Å². The van der Waals surface area contributed by atoms with Gasteiger partial charge in [0.25, 0.3) is 0 Å². The van der Waals surface area contributed by atoms with Crippen LogP contribution < -0.4 is 5.46 Å². The van der Waals surface area contributed by atoms with E-state index in [1.165, 1.54) is 49.3 Å². The molecule has 5 aliphatic rings. The van der Waals surface area contributed by atoms with Gasteiger partial charge in [0.1, 0.15) is 0 Å². The van der Waals surface area contributed by atoms with E-state index in [-0.39, 0.29) is 18.3 Å². The topological polar surface area (TPSA) is 18.5 Å². The molecule has 4 saturated carbocycles. The highest BCUT2D eigenvalue weighted by Crippen LogP contribution is 2.60. The summed E-state index contributed by atoms with van der Waals surface area (Å²) in [4.78, 5) is 0. The molecule has 0 amide bonds. The van der Waals surface area contributed by atoms with E-state index < -0.39 is 0 Å². The van der Waals surface area contributed by atoms with Crippen LogP contribution in [0.1, 0.15) is 71.8 Å². The van der Waals surface area contributed by atoms with E-state index in [1.807, 2.05) is 0 Å². The molecule has 0 N–H and O–H groups in total. The van der Waals surface area contributed by atoms with Gasteiger partial charge in [-0.15, -0.1) is 0 Å². The SMILES string of the molecule is CC1(C)OB(c2ccc3cc(C45CC6CC(CC(C6)C4)C5)ccc3c2)OC1(C)C.